The molecule has 3 rings (SSSR count). The molecule has 0 bridgehead atoms. The number of aromatic nitrogens is 3. The van der Waals surface area contributed by atoms with Crippen molar-refractivity contribution >= 4 is 5.91 Å². The Bertz CT molecular complexity index is 783. The predicted octanol–water partition coefficient (Wildman–Crippen LogP) is 1.23. The standard InChI is InChI=1S/C18H22N4O3/c1-12-15(9-16(23)20-10-13-3-2-8-25-11-13)18(24)22-17(21-12)14-4-6-19-7-5-14/h4-7,13H,2-3,8-11H2,1H3,(H,20,23)(H,21,22,24)/t13-/m1/s1. The molecular formula is C18H22N4O3. The summed E-state index contributed by atoms with van der Waals surface area (Å²) >= 11 is 0. The van der Waals surface area contributed by atoms with Gasteiger partial charge in [-0.1, -0.05) is 0 Å². The van der Waals surface area contributed by atoms with Crippen LogP contribution in [0.4, 0.5) is 0 Å². The van der Waals surface area contributed by atoms with Crippen molar-refractivity contribution in [1.29, 1.82) is 0 Å². The maximum absolute atomic E-state index is 12.4. The van der Waals surface area contributed by atoms with E-state index < -0.39 is 0 Å². The maximum atomic E-state index is 12.4. The van der Waals surface area contributed by atoms with E-state index in [1.807, 2.05) is 0 Å². The van der Waals surface area contributed by atoms with Gasteiger partial charge in [-0.2, -0.15) is 0 Å². The average molecular weight is 342 g/mol. The number of amides is 1. The molecule has 2 N–H and O–H groups in total. The third-order valence-electron chi connectivity index (χ3n) is 4.36. The van der Waals surface area contributed by atoms with Gasteiger partial charge in [0.15, 0.2) is 0 Å². The first-order valence-corrected chi connectivity index (χ1v) is 8.48. The van der Waals surface area contributed by atoms with Crippen molar-refractivity contribution < 1.29 is 9.53 Å². The highest BCUT2D eigenvalue weighted by molar-refractivity contribution is 5.78. The molecule has 1 aliphatic heterocycles. The Hall–Kier alpha value is -2.54. The second-order valence-corrected chi connectivity index (χ2v) is 6.28. The highest BCUT2D eigenvalue weighted by Crippen LogP contribution is 2.14. The van der Waals surface area contributed by atoms with Crippen LogP contribution in [0.3, 0.4) is 0 Å². The van der Waals surface area contributed by atoms with Crippen molar-refractivity contribution in [2.24, 2.45) is 5.92 Å². The monoisotopic (exact) mass is 342 g/mol. The van der Waals surface area contributed by atoms with E-state index in [1.54, 1.807) is 31.5 Å². The molecule has 25 heavy (non-hydrogen) atoms. The number of hydrogen-bond acceptors (Lipinski definition) is 5. The van der Waals surface area contributed by atoms with Crippen molar-refractivity contribution in [1.82, 2.24) is 20.3 Å². The number of H-pyrrole nitrogens is 1. The molecule has 1 saturated heterocycles. The summed E-state index contributed by atoms with van der Waals surface area (Å²) in [5.41, 5.74) is 1.46. The first-order chi connectivity index (χ1) is 12.1. The van der Waals surface area contributed by atoms with Crippen molar-refractivity contribution in [3.63, 3.8) is 0 Å². The first kappa shape index (κ1) is 17.3. The second kappa shape index (κ2) is 8.02. The molecule has 2 aromatic rings. The largest absolute Gasteiger partial charge is 0.381 e. The number of pyridine rings is 1. The van der Waals surface area contributed by atoms with E-state index in [0.29, 0.717) is 36.2 Å². The molecule has 1 atom stereocenters. The third-order valence-corrected chi connectivity index (χ3v) is 4.36. The van der Waals surface area contributed by atoms with Gasteiger partial charge in [0.2, 0.25) is 5.91 Å². The van der Waals surface area contributed by atoms with Crippen molar-refractivity contribution in [3.05, 3.63) is 46.1 Å². The molecule has 0 aliphatic carbocycles. The van der Waals surface area contributed by atoms with Crippen LogP contribution in [0.5, 0.6) is 0 Å². The van der Waals surface area contributed by atoms with Gasteiger partial charge in [-0.05, 0) is 37.8 Å². The van der Waals surface area contributed by atoms with Gasteiger partial charge in [-0.25, -0.2) is 4.98 Å². The van der Waals surface area contributed by atoms with Gasteiger partial charge >= 0.3 is 0 Å². The normalized spacial score (nSPS) is 17.2. The fraction of sp³-hybridized carbons (Fsp3) is 0.444. The van der Waals surface area contributed by atoms with Gasteiger partial charge in [0.1, 0.15) is 5.82 Å². The van der Waals surface area contributed by atoms with Crippen LogP contribution in [0.2, 0.25) is 0 Å². The minimum Gasteiger partial charge on any atom is -0.381 e. The lowest BCUT2D eigenvalue weighted by Crippen LogP contribution is -2.35. The molecule has 7 heteroatoms. The fourth-order valence-electron chi connectivity index (χ4n) is 2.91. The molecule has 1 aliphatic rings. The topological polar surface area (TPSA) is 97.0 Å². The number of carbonyl (C=O) groups is 1. The summed E-state index contributed by atoms with van der Waals surface area (Å²) in [5.74, 6) is 0.662. The number of rotatable bonds is 5. The Balaban J connectivity index is 1.66. The van der Waals surface area contributed by atoms with E-state index in [1.165, 1.54) is 0 Å². The summed E-state index contributed by atoms with van der Waals surface area (Å²) in [6.45, 7) is 3.81. The molecule has 0 saturated carbocycles. The fourth-order valence-corrected chi connectivity index (χ4v) is 2.91. The van der Waals surface area contributed by atoms with Gasteiger partial charge in [-0.3, -0.25) is 14.6 Å². The molecule has 0 aromatic carbocycles. The van der Waals surface area contributed by atoms with Gasteiger partial charge in [-0.15, -0.1) is 0 Å². The summed E-state index contributed by atoms with van der Waals surface area (Å²) in [4.78, 5) is 35.7. The molecule has 0 unspecified atom stereocenters. The third kappa shape index (κ3) is 4.51. The first-order valence-electron chi connectivity index (χ1n) is 8.48. The average Bonchev–Trinajstić information content (AvgIpc) is 2.64. The van der Waals surface area contributed by atoms with Crippen LogP contribution in [0.15, 0.2) is 29.3 Å². The second-order valence-electron chi connectivity index (χ2n) is 6.28. The lowest BCUT2D eigenvalue weighted by molar-refractivity contribution is -0.120. The number of aromatic amines is 1. The molecule has 1 fully saturated rings. The summed E-state index contributed by atoms with van der Waals surface area (Å²) in [6.07, 6.45) is 5.39. The van der Waals surface area contributed by atoms with Gasteiger partial charge in [0.25, 0.3) is 5.56 Å². The van der Waals surface area contributed by atoms with E-state index in [-0.39, 0.29) is 17.9 Å². The zero-order valence-corrected chi connectivity index (χ0v) is 14.2. The van der Waals surface area contributed by atoms with E-state index in [0.717, 1.165) is 25.0 Å². The lowest BCUT2D eigenvalue weighted by atomic mass is 10.0. The van der Waals surface area contributed by atoms with Gasteiger partial charge in [0, 0.05) is 42.4 Å². The van der Waals surface area contributed by atoms with Gasteiger partial charge < -0.3 is 15.0 Å². The predicted molar refractivity (Wildman–Crippen MR) is 93.1 cm³/mol. The molecule has 1 amide bonds. The summed E-state index contributed by atoms with van der Waals surface area (Å²) in [6, 6.07) is 3.55. The zero-order chi connectivity index (χ0) is 17.6. The van der Waals surface area contributed by atoms with E-state index >= 15 is 0 Å². The SMILES string of the molecule is Cc1nc(-c2ccncc2)[nH]c(=O)c1CC(=O)NC[C@H]1CCCOC1. The Labute approximate surface area is 145 Å². The van der Waals surface area contributed by atoms with E-state index in [2.05, 4.69) is 20.3 Å². The minimum absolute atomic E-state index is 0.0262. The Kier molecular flexibility index (Phi) is 5.55. The van der Waals surface area contributed by atoms with Crippen LogP contribution in [0.1, 0.15) is 24.1 Å². The Morgan fingerprint density at radius 3 is 2.88 bits per heavy atom. The number of aryl methyl sites for hydroxylation is 1. The van der Waals surface area contributed by atoms with Crippen molar-refractivity contribution in [2.45, 2.75) is 26.2 Å². The number of nitrogens with one attached hydrogen (secondary N) is 2. The molecule has 0 spiro atoms. The van der Waals surface area contributed by atoms with Crippen LogP contribution in [-0.2, 0) is 16.0 Å². The molecule has 7 nitrogen and oxygen atoms in total. The molecule has 132 valence electrons. The highest BCUT2D eigenvalue weighted by atomic mass is 16.5. The van der Waals surface area contributed by atoms with Crippen LogP contribution in [0.25, 0.3) is 11.4 Å². The van der Waals surface area contributed by atoms with Crippen LogP contribution in [-0.4, -0.2) is 40.6 Å². The van der Waals surface area contributed by atoms with E-state index in [9.17, 15) is 9.59 Å². The molecular weight excluding hydrogens is 320 g/mol. The van der Waals surface area contributed by atoms with Crippen molar-refractivity contribution in [2.75, 3.05) is 19.8 Å². The van der Waals surface area contributed by atoms with Crippen LogP contribution >= 0.6 is 0 Å². The molecule has 0 radical (unpaired) electrons. The molecule has 3 heterocycles. The molecule has 2 aromatic heterocycles. The van der Waals surface area contributed by atoms with E-state index in [4.69, 9.17) is 4.74 Å². The van der Waals surface area contributed by atoms with Crippen molar-refractivity contribution in [3.8, 4) is 11.4 Å². The van der Waals surface area contributed by atoms with Crippen LogP contribution < -0.4 is 10.9 Å². The van der Waals surface area contributed by atoms with Gasteiger partial charge in [0.05, 0.1) is 13.0 Å². The summed E-state index contributed by atoms with van der Waals surface area (Å²) in [5, 5.41) is 2.89. The maximum Gasteiger partial charge on any atom is 0.255 e. The summed E-state index contributed by atoms with van der Waals surface area (Å²) < 4.78 is 5.41. The minimum atomic E-state index is -0.282. The number of hydrogen-bond donors (Lipinski definition) is 2. The highest BCUT2D eigenvalue weighted by Gasteiger charge is 2.17. The van der Waals surface area contributed by atoms with Crippen LogP contribution in [0, 0.1) is 12.8 Å². The smallest absolute Gasteiger partial charge is 0.255 e. The quantitative estimate of drug-likeness (QED) is 0.852. The number of nitrogens with zero attached hydrogens (tertiary/aromatic N) is 2. The Morgan fingerprint density at radius 2 is 2.20 bits per heavy atom. The number of carbonyl (C=O) groups excluding carboxylic acids is 1. The summed E-state index contributed by atoms with van der Waals surface area (Å²) in [7, 11) is 0. The zero-order valence-electron chi connectivity index (χ0n) is 14.2. The lowest BCUT2D eigenvalue weighted by Gasteiger charge is -2.22. The number of ether oxygens (including phenoxy) is 1. The Morgan fingerprint density at radius 1 is 1.40 bits per heavy atom.